The van der Waals surface area contributed by atoms with Crippen LogP contribution in [-0.2, 0) is 6.54 Å². The standard InChI is InChI=1S/C13H16FN3/c1-9(2)7-17-8-15-16-13(17)11-5-4-10(3)12(14)6-11/h4-6,8-9H,7H2,1-3H3. The first-order chi connectivity index (χ1) is 8.08. The fraction of sp³-hybridized carbons (Fsp3) is 0.385. The molecule has 1 heterocycles. The lowest BCUT2D eigenvalue weighted by molar-refractivity contribution is 0.525. The average Bonchev–Trinajstić information content (AvgIpc) is 2.69. The number of aromatic nitrogens is 3. The van der Waals surface area contributed by atoms with Gasteiger partial charge in [0.2, 0.25) is 0 Å². The van der Waals surface area contributed by atoms with Crippen LogP contribution in [0.5, 0.6) is 0 Å². The third-order valence-electron chi connectivity index (χ3n) is 2.61. The van der Waals surface area contributed by atoms with Gasteiger partial charge in [-0.05, 0) is 24.5 Å². The van der Waals surface area contributed by atoms with Gasteiger partial charge in [0.25, 0.3) is 0 Å². The molecule has 2 aromatic rings. The van der Waals surface area contributed by atoms with Gasteiger partial charge in [-0.15, -0.1) is 10.2 Å². The van der Waals surface area contributed by atoms with Gasteiger partial charge in [-0.2, -0.15) is 0 Å². The lowest BCUT2D eigenvalue weighted by atomic mass is 10.1. The smallest absolute Gasteiger partial charge is 0.163 e. The molecule has 0 fully saturated rings. The lowest BCUT2D eigenvalue weighted by Gasteiger charge is -2.09. The second kappa shape index (κ2) is 4.65. The quantitative estimate of drug-likeness (QED) is 0.815. The van der Waals surface area contributed by atoms with Crippen molar-refractivity contribution in [1.82, 2.24) is 14.8 Å². The van der Waals surface area contributed by atoms with Crippen LogP contribution in [0.2, 0.25) is 0 Å². The fourth-order valence-electron chi connectivity index (χ4n) is 1.74. The van der Waals surface area contributed by atoms with E-state index in [-0.39, 0.29) is 5.82 Å². The Bertz CT molecular complexity index is 517. The summed E-state index contributed by atoms with van der Waals surface area (Å²) in [6.45, 7) is 6.83. The zero-order valence-electron chi connectivity index (χ0n) is 10.3. The summed E-state index contributed by atoms with van der Waals surface area (Å²) in [5, 5.41) is 7.95. The molecule has 0 atom stereocenters. The molecule has 2 rings (SSSR count). The van der Waals surface area contributed by atoms with E-state index in [1.807, 2.05) is 10.6 Å². The molecule has 1 aromatic heterocycles. The van der Waals surface area contributed by atoms with Crippen LogP contribution >= 0.6 is 0 Å². The summed E-state index contributed by atoms with van der Waals surface area (Å²) in [6.07, 6.45) is 1.69. The average molecular weight is 233 g/mol. The fourth-order valence-corrected chi connectivity index (χ4v) is 1.74. The Morgan fingerprint density at radius 2 is 2.12 bits per heavy atom. The number of hydrogen-bond acceptors (Lipinski definition) is 2. The Kier molecular flexibility index (Phi) is 3.22. The molecule has 0 radical (unpaired) electrons. The van der Waals surface area contributed by atoms with E-state index >= 15 is 0 Å². The molecule has 1 aromatic carbocycles. The molecule has 0 bridgehead atoms. The van der Waals surface area contributed by atoms with Crippen LogP contribution in [0.25, 0.3) is 11.4 Å². The van der Waals surface area contributed by atoms with E-state index in [9.17, 15) is 4.39 Å². The number of nitrogens with zero attached hydrogens (tertiary/aromatic N) is 3. The maximum atomic E-state index is 13.5. The van der Waals surface area contributed by atoms with Crippen molar-refractivity contribution in [2.75, 3.05) is 0 Å². The highest BCUT2D eigenvalue weighted by atomic mass is 19.1. The first-order valence-corrected chi connectivity index (χ1v) is 5.72. The Labute approximate surface area is 100 Å². The summed E-state index contributed by atoms with van der Waals surface area (Å²) in [7, 11) is 0. The van der Waals surface area contributed by atoms with Crippen LogP contribution in [0.1, 0.15) is 19.4 Å². The predicted molar refractivity (Wildman–Crippen MR) is 65.0 cm³/mol. The molecule has 0 aliphatic heterocycles. The number of halogens is 1. The molecule has 0 saturated heterocycles. The highest BCUT2D eigenvalue weighted by molar-refractivity contribution is 5.55. The van der Waals surface area contributed by atoms with E-state index in [4.69, 9.17) is 0 Å². The molecule has 0 aliphatic rings. The summed E-state index contributed by atoms with van der Waals surface area (Å²) < 4.78 is 15.5. The van der Waals surface area contributed by atoms with Gasteiger partial charge in [0.05, 0.1) is 0 Å². The molecule has 4 heteroatoms. The second-order valence-corrected chi connectivity index (χ2v) is 4.66. The summed E-state index contributed by atoms with van der Waals surface area (Å²) in [6, 6.07) is 5.15. The highest BCUT2D eigenvalue weighted by Crippen LogP contribution is 2.20. The maximum absolute atomic E-state index is 13.5. The van der Waals surface area contributed by atoms with Crippen molar-refractivity contribution in [2.24, 2.45) is 5.92 Å². The first-order valence-electron chi connectivity index (χ1n) is 5.72. The Balaban J connectivity index is 2.39. The van der Waals surface area contributed by atoms with E-state index in [1.165, 1.54) is 6.07 Å². The molecule has 0 aliphatic carbocycles. The highest BCUT2D eigenvalue weighted by Gasteiger charge is 2.10. The Morgan fingerprint density at radius 1 is 1.35 bits per heavy atom. The molecule has 0 saturated carbocycles. The van der Waals surface area contributed by atoms with Crippen LogP contribution in [0, 0.1) is 18.7 Å². The SMILES string of the molecule is Cc1ccc(-c2nncn2CC(C)C)cc1F. The summed E-state index contributed by atoms with van der Waals surface area (Å²) in [4.78, 5) is 0. The lowest BCUT2D eigenvalue weighted by Crippen LogP contribution is -2.05. The van der Waals surface area contributed by atoms with E-state index in [1.54, 1.807) is 19.3 Å². The summed E-state index contributed by atoms with van der Waals surface area (Å²) in [5.41, 5.74) is 1.41. The molecule has 3 nitrogen and oxygen atoms in total. The maximum Gasteiger partial charge on any atom is 0.163 e. The van der Waals surface area contributed by atoms with E-state index in [2.05, 4.69) is 24.0 Å². The summed E-state index contributed by atoms with van der Waals surface area (Å²) >= 11 is 0. The molecule has 0 spiro atoms. The van der Waals surface area contributed by atoms with Crippen LogP contribution < -0.4 is 0 Å². The minimum atomic E-state index is -0.207. The molecule has 0 amide bonds. The van der Waals surface area contributed by atoms with Gasteiger partial charge in [-0.3, -0.25) is 0 Å². The molecule has 90 valence electrons. The van der Waals surface area contributed by atoms with Crippen molar-refractivity contribution < 1.29 is 4.39 Å². The van der Waals surface area contributed by atoms with Gasteiger partial charge in [-0.25, -0.2) is 4.39 Å². The van der Waals surface area contributed by atoms with E-state index in [0.29, 0.717) is 11.5 Å². The van der Waals surface area contributed by atoms with Crippen LogP contribution in [-0.4, -0.2) is 14.8 Å². The van der Waals surface area contributed by atoms with E-state index in [0.717, 1.165) is 17.9 Å². The molecular formula is C13H16FN3. The Morgan fingerprint density at radius 3 is 2.76 bits per heavy atom. The van der Waals surface area contributed by atoms with Crippen LogP contribution in [0.4, 0.5) is 4.39 Å². The van der Waals surface area contributed by atoms with Crippen molar-refractivity contribution in [2.45, 2.75) is 27.3 Å². The van der Waals surface area contributed by atoms with Gasteiger partial charge in [-0.1, -0.05) is 26.0 Å². The third-order valence-corrected chi connectivity index (χ3v) is 2.61. The third kappa shape index (κ3) is 2.52. The predicted octanol–water partition coefficient (Wildman–Crippen LogP) is 3.05. The number of benzene rings is 1. The first kappa shape index (κ1) is 11.8. The largest absolute Gasteiger partial charge is 0.313 e. The van der Waals surface area contributed by atoms with Crippen molar-refractivity contribution in [3.05, 3.63) is 35.9 Å². The van der Waals surface area contributed by atoms with Crippen molar-refractivity contribution in [1.29, 1.82) is 0 Å². The minimum absolute atomic E-state index is 0.207. The number of rotatable bonds is 3. The van der Waals surface area contributed by atoms with Crippen LogP contribution in [0.15, 0.2) is 24.5 Å². The molecular weight excluding hydrogens is 217 g/mol. The van der Waals surface area contributed by atoms with Crippen LogP contribution in [0.3, 0.4) is 0 Å². The van der Waals surface area contributed by atoms with E-state index < -0.39 is 0 Å². The van der Waals surface area contributed by atoms with Gasteiger partial charge in [0.15, 0.2) is 5.82 Å². The summed E-state index contributed by atoms with van der Waals surface area (Å²) in [5.74, 6) is 1.01. The zero-order chi connectivity index (χ0) is 12.4. The van der Waals surface area contributed by atoms with Gasteiger partial charge in [0, 0.05) is 12.1 Å². The van der Waals surface area contributed by atoms with Gasteiger partial charge >= 0.3 is 0 Å². The van der Waals surface area contributed by atoms with Crippen molar-refractivity contribution in [3.8, 4) is 11.4 Å². The van der Waals surface area contributed by atoms with Gasteiger partial charge < -0.3 is 4.57 Å². The number of aryl methyl sites for hydroxylation is 1. The van der Waals surface area contributed by atoms with Gasteiger partial charge in [0.1, 0.15) is 12.1 Å². The normalized spacial score (nSPS) is 11.1. The van der Waals surface area contributed by atoms with Crippen molar-refractivity contribution in [3.63, 3.8) is 0 Å². The topological polar surface area (TPSA) is 30.7 Å². The van der Waals surface area contributed by atoms with Crippen molar-refractivity contribution >= 4 is 0 Å². The monoisotopic (exact) mass is 233 g/mol. The minimum Gasteiger partial charge on any atom is -0.313 e. The molecule has 0 unspecified atom stereocenters. The molecule has 0 N–H and O–H groups in total. The zero-order valence-corrected chi connectivity index (χ0v) is 10.3. The molecule has 17 heavy (non-hydrogen) atoms. The Hall–Kier alpha value is -1.71. The number of hydrogen-bond donors (Lipinski definition) is 0. The second-order valence-electron chi connectivity index (χ2n) is 4.66.